The van der Waals surface area contributed by atoms with Crippen molar-refractivity contribution in [2.24, 2.45) is 0 Å². The highest BCUT2D eigenvalue weighted by Crippen LogP contribution is 2.25. The third kappa shape index (κ3) is 3.33. The van der Waals surface area contributed by atoms with Crippen LogP contribution in [0.1, 0.15) is 17.3 Å². The molecule has 1 aliphatic rings. The number of thioether (sulfide) groups is 1. The summed E-state index contributed by atoms with van der Waals surface area (Å²) < 4.78 is 10.0. The SMILES string of the molecule is COC(=O)c1cccc(NC(=O)C2=C(C)SCCO2)c1. The highest BCUT2D eigenvalue weighted by Gasteiger charge is 2.19. The molecule has 20 heavy (non-hydrogen) atoms. The average molecular weight is 293 g/mol. The lowest BCUT2D eigenvalue weighted by Crippen LogP contribution is -2.20. The van der Waals surface area contributed by atoms with Gasteiger partial charge in [-0.1, -0.05) is 6.07 Å². The van der Waals surface area contributed by atoms with Crippen LogP contribution in [0.3, 0.4) is 0 Å². The Morgan fingerprint density at radius 3 is 2.90 bits per heavy atom. The first-order chi connectivity index (χ1) is 9.61. The predicted molar refractivity (Wildman–Crippen MR) is 77.5 cm³/mol. The van der Waals surface area contributed by atoms with Crippen LogP contribution in [0.5, 0.6) is 0 Å². The summed E-state index contributed by atoms with van der Waals surface area (Å²) in [4.78, 5) is 24.4. The first-order valence-corrected chi connectivity index (χ1v) is 7.06. The van der Waals surface area contributed by atoms with Gasteiger partial charge in [0.05, 0.1) is 19.3 Å². The number of anilines is 1. The molecule has 1 N–H and O–H groups in total. The summed E-state index contributed by atoms with van der Waals surface area (Å²) in [5, 5.41) is 2.72. The summed E-state index contributed by atoms with van der Waals surface area (Å²) >= 11 is 1.60. The van der Waals surface area contributed by atoms with Crippen LogP contribution >= 0.6 is 11.8 Å². The van der Waals surface area contributed by atoms with Crippen LogP contribution in [-0.4, -0.2) is 31.3 Å². The first kappa shape index (κ1) is 14.5. The fraction of sp³-hybridized carbons (Fsp3) is 0.286. The number of carbonyl (C=O) groups excluding carboxylic acids is 2. The monoisotopic (exact) mass is 293 g/mol. The molecular weight excluding hydrogens is 278 g/mol. The van der Waals surface area contributed by atoms with E-state index < -0.39 is 5.97 Å². The van der Waals surface area contributed by atoms with E-state index in [2.05, 4.69) is 10.1 Å². The minimum absolute atomic E-state index is 0.309. The van der Waals surface area contributed by atoms with E-state index in [1.54, 1.807) is 36.0 Å². The van der Waals surface area contributed by atoms with E-state index in [0.717, 1.165) is 10.7 Å². The third-order valence-corrected chi connectivity index (χ3v) is 3.71. The molecule has 1 amide bonds. The zero-order chi connectivity index (χ0) is 14.5. The Balaban J connectivity index is 2.14. The van der Waals surface area contributed by atoms with Gasteiger partial charge >= 0.3 is 5.97 Å². The zero-order valence-corrected chi connectivity index (χ0v) is 12.1. The van der Waals surface area contributed by atoms with E-state index >= 15 is 0 Å². The summed E-state index contributed by atoms with van der Waals surface area (Å²) in [5.74, 6) is 0.433. The van der Waals surface area contributed by atoms with Crippen LogP contribution in [0, 0.1) is 0 Å². The molecule has 0 aliphatic carbocycles. The van der Waals surface area contributed by atoms with Crippen molar-refractivity contribution in [1.29, 1.82) is 0 Å². The molecule has 0 spiro atoms. The lowest BCUT2D eigenvalue weighted by Gasteiger charge is -2.18. The van der Waals surface area contributed by atoms with Gasteiger partial charge in [-0.3, -0.25) is 4.79 Å². The second kappa shape index (κ2) is 6.47. The lowest BCUT2D eigenvalue weighted by atomic mass is 10.2. The first-order valence-electron chi connectivity index (χ1n) is 6.08. The molecule has 0 aromatic heterocycles. The van der Waals surface area contributed by atoms with Gasteiger partial charge in [-0.05, 0) is 25.1 Å². The Kier molecular flexibility index (Phi) is 4.68. The molecule has 1 aromatic carbocycles. The maximum atomic E-state index is 12.1. The summed E-state index contributed by atoms with van der Waals surface area (Å²) in [6.07, 6.45) is 0. The molecule has 1 aliphatic heterocycles. The Morgan fingerprint density at radius 1 is 1.40 bits per heavy atom. The summed E-state index contributed by atoms with van der Waals surface area (Å²) in [5.41, 5.74) is 0.910. The van der Waals surface area contributed by atoms with Gasteiger partial charge in [0.15, 0.2) is 5.76 Å². The summed E-state index contributed by atoms with van der Waals surface area (Å²) in [6, 6.07) is 6.57. The van der Waals surface area contributed by atoms with Crippen LogP contribution < -0.4 is 5.32 Å². The van der Waals surface area contributed by atoms with Crippen molar-refractivity contribution in [2.75, 3.05) is 24.8 Å². The van der Waals surface area contributed by atoms with Crippen LogP contribution in [0.2, 0.25) is 0 Å². The number of hydrogen-bond donors (Lipinski definition) is 1. The molecular formula is C14H15NO4S. The highest BCUT2D eigenvalue weighted by atomic mass is 32.2. The molecule has 0 fully saturated rings. The van der Waals surface area contributed by atoms with Gasteiger partial charge in [0, 0.05) is 16.3 Å². The number of allylic oxidation sites excluding steroid dienone is 1. The van der Waals surface area contributed by atoms with E-state index in [1.807, 2.05) is 6.92 Å². The molecule has 0 radical (unpaired) electrons. The smallest absolute Gasteiger partial charge is 0.337 e. The number of esters is 1. The number of hydrogen-bond acceptors (Lipinski definition) is 5. The Labute approximate surface area is 121 Å². The Hall–Kier alpha value is -1.95. The number of methoxy groups -OCH3 is 1. The minimum atomic E-state index is -0.444. The van der Waals surface area contributed by atoms with Gasteiger partial charge in [-0.25, -0.2) is 4.79 Å². The van der Waals surface area contributed by atoms with E-state index in [4.69, 9.17) is 4.74 Å². The molecule has 0 saturated heterocycles. The number of nitrogens with one attached hydrogen (secondary N) is 1. The molecule has 0 unspecified atom stereocenters. The molecule has 0 bridgehead atoms. The van der Waals surface area contributed by atoms with Gasteiger partial charge in [-0.2, -0.15) is 0 Å². The number of amides is 1. The van der Waals surface area contributed by atoms with E-state index in [1.165, 1.54) is 7.11 Å². The fourth-order valence-corrected chi connectivity index (χ4v) is 2.52. The lowest BCUT2D eigenvalue weighted by molar-refractivity contribution is -0.116. The standard InChI is InChI=1S/C14H15NO4S/c1-9-12(19-6-7-20-9)13(16)15-11-5-3-4-10(8-11)14(17)18-2/h3-5,8H,6-7H2,1-2H3,(H,15,16). The normalized spacial score (nSPS) is 14.5. The summed E-state index contributed by atoms with van der Waals surface area (Å²) in [6.45, 7) is 2.37. The molecule has 6 heteroatoms. The molecule has 1 heterocycles. The number of benzene rings is 1. The van der Waals surface area contributed by atoms with Crippen LogP contribution in [-0.2, 0) is 14.3 Å². The molecule has 0 saturated carbocycles. The average Bonchev–Trinajstić information content (AvgIpc) is 2.47. The summed E-state index contributed by atoms with van der Waals surface area (Å²) in [7, 11) is 1.31. The quantitative estimate of drug-likeness (QED) is 0.867. The van der Waals surface area contributed by atoms with Crippen LogP contribution in [0.15, 0.2) is 34.9 Å². The molecule has 5 nitrogen and oxygen atoms in total. The van der Waals surface area contributed by atoms with Gasteiger partial charge in [0.1, 0.15) is 0 Å². The molecule has 2 rings (SSSR count). The van der Waals surface area contributed by atoms with Crippen LogP contribution in [0.4, 0.5) is 5.69 Å². The number of rotatable bonds is 3. The van der Waals surface area contributed by atoms with Crippen molar-refractivity contribution in [3.8, 4) is 0 Å². The second-order valence-corrected chi connectivity index (χ2v) is 5.42. The van der Waals surface area contributed by atoms with E-state index in [0.29, 0.717) is 23.6 Å². The van der Waals surface area contributed by atoms with E-state index in [9.17, 15) is 9.59 Å². The van der Waals surface area contributed by atoms with Crippen molar-refractivity contribution in [3.63, 3.8) is 0 Å². The topological polar surface area (TPSA) is 64.6 Å². The zero-order valence-electron chi connectivity index (χ0n) is 11.3. The number of carbonyl (C=O) groups is 2. The molecule has 1 aromatic rings. The number of ether oxygens (including phenoxy) is 2. The maximum absolute atomic E-state index is 12.1. The van der Waals surface area contributed by atoms with Crippen molar-refractivity contribution in [2.45, 2.75) is 6.92 Å². The van der Waals surface area contributed by atoms with Crippen LogP contribution in [0.25, 0.3) is 0 Å². The maximum Gasteiger partial charge on any atom is 0.337 e. The minimum Gasteiger partial charge on any atom is -0.486 e. The van der Waals surface area contributed by atoms with Gasteiger partial charge in [-0.15, -0.1) is 11.8 Å². The largest absolute Gasteiger partial charge is 0.486 e. The van der Waals surface area contributed by atoms with Crippen molar-refractivity contribution in [1.82, 2.24) is 0 Å². The fourth-order valence-electron chi connectivity index (χ4n) is 1.76. The Morgan fingerprint density at radius 2 is 2.20 bits per heavy atom. The van der Waals surface area contributed by atoms with Gasteiger partial charge < -0.3 is 14.8 Å². The predicted octanol–water partition coefficient (Wildman–Crippen LogP) is 2.41. The molecule has 0 atom stereocenters. The van der Waals surface area contributed by atoms with Gasteiger partial charge in [0.25, 0.3) is 5.91 Å². The second-order valence-electron chi connectivity index (χ2n) is 4.11. The Bertz CT molecular complexity index is 568. The van der Waals surface area contributed by atoms with Crippen molar-refractivity contribution < 1.29 is 19.1 Å². The van der Waals surface area contributed by atoms with E-state index in [-0.39, 0.29) is 5.91 Å². The highest BCUT2D eigenvalue weighted by molar-refractivity contribution is 8.03. The third-order valence-electron chi connectivity index (χ3n) is 2.72. The molecule has 106 valence electrons. The van der Waals surface area contributed by atoms with Gasteiger partial charge in [0.2, 0.25) is 0 Å². The van der Waals surface area contributed by atoms with Crippen molar-refractivity contribution >= 4 is 29.3 Å². The van der Waals surface area contributed by atoms with Crippen molar-refractivity contribution in [3.05, 3.63) is 40.5 Å².